The minimum atomic E-state index is -0.225. The molecule has 0 N–H and O–H groups in total. The molecular formula is C13H21N3O. The van der Waals surface area contributed by atoms with Crippen molar-refractivity contribution in [2.24, 2.45) is 0 Å². The molecule has 2 unspecified atom stereocenters. The van der Waals surface area contributed by atoms with E-state index in [9.17, 15) is 4.79 Å². The lowest BCUT2D eigenvalue weighted by Crippen LogP contribution is -2.61. The van der Waals surface area contributed by atoms with Gasteiger partial charge in [-0.1, -0.05) is 12.8 Å². The number of nitriles is 1. The van der Waals surface area contributed by atoms with E-state index in [2.05, 4.69) is 17.9 Å². The normalized spacial score (nSPS) is 31.8. The molecule has 2 aliphatic rings. The largest absolute Gasteiger partial charge is 0.334 e. The molecule has 17 heavy (non-hydrogen) atoms. The number of amides is 1. The maximum Gasteiger partial charge on any atom is 0.241 e. The Kier molecular flexibility index (Phi) is 3.68. The smallest absolute Gasteiger partial charge is 0.241 e. The van der Waals surface area contributed by atoms with Crippen LogP contribution in [0.3, 0.4) is 0 Å². The first kappa shape index (κ1) is 12.4. The minimum absolute atomic E-state index is 0.166. The molecule has 1 aliphatic carbocycles. The second kappa shape index (κ2) is 5.05. The maximum absolute atomic E-state index is 12.5. The summed E-state index contributed by atoms with van der Waals surface area (Å²) < 4.78 is 0. The summed E-state index contributed by atoms with van der Waals surface area (Å²) in [6, 6.07) is 2.62. The summed E-state index contributed by atoms with van der Waals surface area (Å²) in [5.41, 5.74) is 0. The van der Waals surface area contributed by atoms with E-state index in [0.29, 0.717) is 12.5 Å². The van der Waals surface area contributed by atoms with Crippen LogP contribution in [0.25, 0.3) is 0 Å². The number of hydrogen-bond donors (Lipinski definition) is 0. The number of carbonyl (C=O) groups is 1. The summed E-state index contributed by atoms with van der Waals surface area (Å²) in [6.45, 7) is 3.00. The van der Waals surface area contributed by atoms with Gasteiger partial charge in [0.1, 0.15) is 6.04 Å². The molecule has 2 rings (SSSR count). The molecule has 0 aromatic heterocycles. The average Bonchev–Trinajstić information content (AvgIpc) is 2.77. The van der Waals surface area contributed by atoms with Crippen molar-refractivity contribution < 1.29 is 4.79 Å². The van der Waals surface area contributed by atoms with Crippen LogP contribution in [0.2, 0.25) is 0 Å². The molecule has 1 saturated heterocycles. The Bertz CT molecular complexity index is 330. The molecular weight excluding hydrogens is 214 g/mol. The van der Waals surface area contributed by atoms with E-state index in [0.717, 1.165) is 19.4 Å². The van der Waals surface area contributed by atoms with E-state index in [1.54, 1.807) is 0 Å². The summed E-state index contributed by atoms with van der Waals surface area (Å²) in [5, 5.41) is 8.82. The quantitative estimate of drug-likeness (QED) is 0.726. The van der Waals surface area contributed by atoms with E-state index >= 15 is 0 Å². The van der Waals surface area contributed by atoms with Gasteiger partial charge < -0.3 is 4.90 Å². The molecule has 2 atom stereocenters. The number of rotatable bonds is 2. The SMILES string of the molecule is CC1CN(C)C(CC#N)C(=O)N1C1CCCC1. The fourth-order valence-corrected chi connectivity index (χ4v) is 3.26. The van der Waals surface area contributed by atoms with Crippen LogP contribution in [0, 0.1) is 11.3 Å². The van der Waals surface area contributed by atoms with E-state index in [1.807, 2.05) is 11.9 Å². The van der Waals surface area contributed by atoms with E-state index in [4.69, 9.17) is 5.26 Å². The number of likely N-dealkylation sites (N-methyl/N-ethyl adjacent to an activating group) is 1. The van der Waals surface area contributed by atoms with Crippen LogP contribution in [0.5, 0.6) is 0 Å². The van der Waals surface area contributed by atoms with Crippen molar-refractivity contribution in [3.05, 3.63) is 0 Å². The highest BCUT2D eigenvalue weighted by Crippen LogP contribution is 2.29. The third-order valence-corrected chi connectivity index (χ3v) is 4.10. The van der Waals surface area contributed by atoms with Gasteiger partial charge >= 0.3 is 0 Å². The van der Waals surface area contributed by atoms with Crippen LogP contribution in [-0.4, -0.2) is 47.4 Å². The van der Waals surface area contributed by atoms with Crippen LogP contribution in [0.1, 0.15) is 39.0 Å². The highest BCUT2D eigenvalue weighted by Gasteiger charge is 2.40. The third-order valence-electron chi connectivity index (χ3n) is 4.10. The molecule has 4 heteroatoms. The van der Waals surface area contributed by atoms with E-state index in [-0.39, 0.29) is 18.0 Å². The van der Waals surface area contributed by atoms with Gasteiger partial charge in [0.05, 0.1) is 12.5 Å². The lowest BCUT2D eigenvalue weighted by molar-refractivity contribution is -0.147. The van der Waals surface area contributed by atoms with Gasteiger partial charge in [-0.3, -0.25) is 9.69 Å². The van der Waals surface area contributed by atoms with E-state index in [1.165, 1.54) is 12.8 Å². The number of piperazine rings is 1. The Morgan fingerprint density at radius 3 is 2.65 bits per heavy atom. The van der Waals surface area contributed by atoms with Gasteiger partial charge in [-0.2, -0.15) is 5.26 Å². The predicted octanol–water partition coefficient (Wildman–Crippen LogP) is 1.37. The van der Waals surface area contributed by atoms with Gasteiger partial charge in [0, 0.05) is 18.6 Å². The molecule has 94 valence electrons. The van der Waals surface area contributed by atoms with Crippen LogP contribution in [0.15, 0.2) is 0 Å². The van der Waals surface area contributed by atoms with Crippen molar-refractivity contribution in [1.82, 2.24) is 9.80 Å². The van der Waals surface area contributed by atoms with Crippen LogP contribution < -0.4 is 0 Å². The van der Waals surface area contributed by atoms with Gasteiger partial charge in [-0.25, -0.2) is 0 Å². The summed E-state index contributed by atoms with van der Waals surface area (Å²) in [5.74, 6) is 0.166. The molecule has 1 heterocycles. The van der Waals surface area contributed by atoms with Crippen molar-refractivity contribution in [3.8, 4) is 6.07 Å². The van der Waals surface area contributed by atoms with Gasteiger partial charge in [0.25, 0.3) is 0 Å². The highest BCUT2D eigenvalue weighted by atomic mass is 16.2. The second-order valence-corrected chi connectivity index (χ2v) is 5.35. The lowest BCUT2D eigenvalue weighted by atomic mass is 10.0. The van der Waals surface area contributed by atoms with Crippen molar-refractivity contribution in [2.45, 2.75) is 57.2 Å². The Morgan fingerprint density at radius 1 is 1.41 bits per heavy atom. The summed E-state index contributed by atoms with van der Waals surface area (Å²) >= 11 is 0. The molecule has 0 radical (unpaired) electrons. The van der Waals surface area contributed by atoms with E-state index < -0.39 is 0 Å². The fraction of sp³-hybridized carbons (Fsp3) is 0.846. The Hall–Kier alpha value is -1.08. The molecule has 1 saturated carbocycles. The Labute approximate surface area is 103 Å². The third kappa shape index (κ3) is 2.30. The Morgan fingerprint density at radius 2 is 2.06 bits per heavy atom. The lowest BCUT2D eigenvalue weighted by Gasteiger charge is -2.45. The van der Waals surface area contributed by atoms with Gasteiger partial charge in [0.15, 0.2) is 0 Å². The average molecular weight is 235 g/mol. The molecule has 0 spiro atoms. The molecule has 0 aromatic rings. The van der Waals surface area contributed by atoms with Crippen molar-refractivity contribution >= 4 is 5.91 Å². The molecule has 0 bridgehead atoms. The first-order valence-corrected chi connectivity index (χ1v) is 6.54. The van der Waals surface area contributed by atoms with Gasteiger partial charge in [-0.05, 0) is 26.8 Å². The second-order valence-electron chi connectivity index (χ2n) is 5.35. The van der Waals surface area contributed by atoms with Crippen molar-refractivity contribution in [2.75, 3.05) is 13.6 Å². The highest BCUT2D eigenvalue weighted by molar-refractivity contribution is 5.83. The number of hydrogen-bond acceptors (Lipinski definition) is 3. The topological polar surface area (TPSA) is 47.3 Å². The summed E-state index contributed by atoms with van der Waals surface area (Å²) in [7, 11) is 1.95. The molecule has 0 aromatic carbocycles. The number of nitrogens with zero attached hydrogens (tertiary/aromatic N) is 3. The fourth-order valence-electron chi connectivity index (χ4n) is 3.26. The Balaban J connectivity index is 2.14. The monoisotopic (exact) mass is 235 g/mol. The van der Waals surface area contributed by atoms with Crippen LogP contribution in [-0.2, 0) is 4.79 Å². The first-order valence-electron chi connectivity index (χ1n) is 6.54. The van der Waals surface area contributed by atoms with Crippen LogP contribution >= 0.6 is 0 Å². The van der Waals surface area contributed by atoms with Crippen molar-refractivity contribution in [1.29, 1.82) is 5.26 Å². The van der Waals surface area contributed by atoms with Crippen molar-refractivity contribution in [3.63, 3.8) is 0 Å². The number of carbonyl (C=O) groups excluding carboxylic acids is 1. The first-order chi connectivity index (χ1) is 8.15. The minimum Gasteiger partial charge on any atom is -0.334 e. The van der Waals surface area contributed by atoms with Gasteiger partial charge in [-0.15, -0.1) is 0 Å². The summed E-state index contributed by atoms with van der Waals surface area (Å²) in [4.78, 5) is 16.6. The molecule has 1 aliphatic heterocycles. The predicted molar refractivity (Wildman–Crippen MR) is 65.2 cm³/mol. The summed E-state index contributed by atoms with van der Waals surface area (Å²) in [6.07, 6.45) is 5.06. The van der Waals surface area contributed by atoms with Gasteiger partial charge in [0.2, 0.25) is 5.91 Å². The van der Waals surface area contributed by atoms with Crippen LogP contribution in [0.4, 0.5) is 0 Å². The zero-order valence-electron chi connectivity index (χ0n) is 10.7. The molecule has 1 amide bonds. The molecule has 4 nitrogen and oxygen atoms in total. The standard InChI is InChI=1S/C13H21N3O/c1-10-9-15(2)12(7-8-14)13(17)16(10)11-5-3-4-6-11/h10-12H,3-7,9H2,1-2H3. The zero-order chi connectivity index (χ0) is 12.4. The maximum atomic E-state index is 12.5. The molecule has 2 fully saturated rings. The zero-order valence-corrected chi connectivity index (χ0v) is 10.7.